The number of halogens is 3. The Kier molecular flexibility index (Phi) is 23.8. The molecule has 8 heterocycles. The van der Waals surface area contributed by atoms with Gasteiger partial charge in [0.15, 0.2) is 22.6 Å². The minimum Gasteiger partial charge on any atom is -0.268 e. The lowest BCUT2D eigenvalue weighted by molar-refractivity contribution is 0.618. The molecule has 8 aromatic heterocycles. The van der Waals surface area contributed by atoms with Crippen LogP contribution >= 0.6 is 11.6 Å². The van der Waals surface area contributed by atoms with Crippen LogP contribution < -0.4 is 22.2 Å². The normalized spacial score (nSPS) is 11.1. The Morgan fingerprint density at radius 1 is 0.313 bits per heavy atom. The predicted octanol–water partition coefficient (Wildman–Crippen LogP) is 17.9. The Morgan fingerprint density at radius 3 is 0.904 bits per heavy atom. The van der Waals surface area contributed by atoms with Gasteiger partial charge in [0.1, 0.15) is 34.9 Å². The molecule has 19 heteroatoms. The van der Waals surface area contributed by atoms with Crippen LogP contribution in [0.15, 0.2) is 268 Å². The second-order valence-corrected chi connectivity index (χ2v) is 26.4. The Morgan fingerprint density at radius 2 is 0.600 bits per heavy atom. The molecule has 0 unspecified atom stereocenters. The number of fused-ring (bicyclic) bond motifs is 4. The molecule has 0 amide bonds. The van der Waals surface area contributed by atoms with Gasteiger partial charge in [-0.2, -0.15) is 0 Å². The lowest BCUT2D eigenvalue weighted by Crippen LogP contribution is -2.22. The minimum absolute atomic E-state index is 0.171. The molecule has 554 valence electrons. The Labute approximate surface area is 664 Å². The van der Waals surface area contributed by atoms with Crippen molar-refractivity contribution in [3.63, 3.8) is 0 Å². The number of benzene rings is 8. The van der Waals surface area contributed by atoms with Gasteiger partial charge in [0, 0.05) is 52.1 Å². The molecule has 0 aliphatic heterocycles. The van der Waals surface area contributed by atoms with E-state index in [-0.39, 0.29) is 33.9 Å². The number of terminal acetylenes is 4. The van der Waals surface area contributed by atoms with Gasteiger partial charge < -0.3 is 0 Å². The zero-order valence-electron chi connectivity index (χ0n) is 62.2. The van der Waals surface area contributed by atoms with Gasteiger partial charge in [0.2, 0.25) is 0 Å². The maximum Gasteiger partial charge on any atom is 0.267 e. The van der Waals surface area contributed by atoms with E-state index >= 15 is 0 Å². The molecule has 16 nitrogen and oxygen atoms in total. The first kappa shape index (κ1) is 77.4. The average Bonchev–Trinajstić information content (AvgIpc) is 0.791. The van der Waals surface area contributed by atoms with E-state index < -0.39 is 0 Å². The van der Waals surface area contributed by atoms with Crippen molar-refractivity contribution in [1.29, 1.82) is 0 Å². The van der Waals surface area contributed by atoms with Gasteiger partial charge in [-0.3, -0.25) is 37.4 Å². The molecule has 16 aromatic rings. The molecule has 16 rings (SSSR count). The number of pyridine rings is 4. The van der Waals surface area contributed by atoms with Gasteiger partial charge in [-0.1, -0.05) is 120 Å². The zero-order chi connectivity index (χ0) is 80.7. The SMILES string of the molecule is C#Cc1ccc(-n2c(/C=C/c3ccc(C)c(F)c3)nc3ncccc3c2=O)cc1.C#Cc1ccc(-n2c(/C=C/c3ccc(C)cc3)nc3ncccc3c2=O)cc1.C#Cc1ccc(-n2c(/C=C/c3ccc(Cl)c(C)c3)nc3ncccc3c2=O)cc1.C#Cc1ccc(-n2c(/C=C/c3ccc(F)c(C)c3)nc3ncccc3c2=O)cc1. The number of nitrogens with zero attached hydrogens (tertiary/aromatic N) is 12. The Hall–Kier alpha value is -15.7. The fraction of sp³-hybridized carbons (Fsp3) is 0.0417. The van der Waals surface area contributed by atoms with Crippen LogP contribution in [-0.4, -0.2) is 58.1 Å². The summed E-state index contributed by atoms with van der Waals surface area (Å²) in [5, 5.41) is 2.46. The van der Waals surface area contributed by atoms with Crippen LogP contribution in [0.3, 0.4) is 0 Å². The van der Waals surface area contributed by atoms with Crippen molar-refractivity contribution in [2.24, 2.45) is 0 Å². The molecule has 0 radical (unpaired) electrons. The van der Waals surface area contributed by atoms with Crippen LogP contribution in [-0.2, 0) is 0 Å². The topological polar surface area (TPSA) is 191 Å². The van der Waals surface area contributed by atoms with E-state index in [1.165, 1.54) is 26.8 Å². The summed E-state index contributed by atoms with van der Waals surface area (Å²) < 4.78 is 33.5. The largest absolute Gasteiger partial charge is 0.268 e. The highest BCUT2D eigenvalue weighted by molar-refractivity contribution is 6.31. The van der Waals surface area contributed by atoms with E-state index in [0.717, 1.165) is 38.9 Å². The summed E-state index contributed by atoms with van der Waals surface area (Å²) in [5.74, 6) is 11.5. The van der Waals surface area contributed by atoms with Crippen molar-refractivity contribution in [2.75, 3.05) is 0 Å². The summed E-state index contributed by atoms with van der Waals surface area (Å²) in [6.45, 7) is 7.40. The van der Waals surface area contributed by atoms with Gasteiger partial charge in [0.25, 0.3) is 22.2 Å². The quantitative estimate of drug-likeness (QED) is 0.105. The highest BCUT2D eigenvalue weighted by Gasteiger charge is 2.18. The van der Waals surface area contributed by atoms with Crippen molar-refractivity contribution < 1.29 is 8.78 Å². The molecule has 0 aliphatic carbocycles. The molecular formula is C96H65ClF2N12O4. The zero-order valence-corrected chi connectivity index (χ0v) is 63.0. The highest BCUT2D eigenvalue weighted by Crippen LogP contribution is 2.24. The van der Waals surface area contributed by atoms with Crippen LogP contribution in [0.1, 0.15) is 90.1 Å². The standard InChI is InChI=1S/C24H16ClN3O.2C24H16FN3O.C24H17N3O/c2*1-3-17-6-10-19(11-7-17)28-22(13-9-18-8-12-21(25)16(2)15-18)27-23-20(24(28)29)5-4-14-26-23;1-3-17-8-11-19(12-9-17)28-22(13-10-18-7-6-16(2)21(25)15-18)27-23-20(24(28)29)5-4-14-26-23;1-3-18-10-13-20(14-11-18)27-22(15-12-19-8-6-17(2)7-9-19)26-23-21(24(27)28)5-4-16-25-23/h3*1,4-15H,2H3;1,4-16H,2H3/b2*13-9+;13-10+;15-12+. The number of rotatable bonds is 12. The van der Waals surface area contributed by atoms with Crippen LogP contribution in [0.4, 0.5) is 8.78 Å². The molecule has 8 aromatic carbocycles. The maximum absolute atomic E-state index is 13.9. The minimum atomic E-state index is -0.289. The van der Waals surface area contributed by atoms with Crippen LogP contribution in [0.25, 0.3) is 115 Å². The van der Waals surface area contributed by atoms with Crippen LogP contribution in [0.5, 0.6) is 0 Å². The van der Waals surface area contributed by atoms with Crippen LogP contribution in [0, 0.1) is 88.7 Å². The fourth-order valence-electron chi connectivity index (χ4n) is 12.0. The lowest BCUT2D eigenvalue weighted by atomic mass is 10.1. The van der Waals surface area contributed by atoms with E-state index in [9.17, 15) is 28.0 Å². The van der Waals surface area contributed by atoms with E-state index in [1.54, 1.807) is 212 Å². The summed E-state index contributed by atoms with van der Waals surface area (Å²) in [6.07, 6.45) is 42.5. The Bertz CT molecular complexity index is 6500. The summed E-state index contributed by atoms with van der Waals surface area (Å²) in [4.78, 5) is 87.9. The summed E-state index contributed by atoms with van der Waals surface area (Å²) in [5.41, 5.74) is 13.0. The van der Waals surface area contributed by atoms with E-state index in [0.29, 0.717) is 117 Å². The van der Waals surface area contributed by atoms with Crippen molar-refractivity contribution in [3.8, 4) is 72.1 Å². The fourth-order valence-corrected chi connectivity index (χ4v) is 12.2. The van der Waals surface area contributed by atoms with Gasteiger partial charge >= 0.3 is 0 Å². The Balaban J connectivity index is 0.000000134. The monoisotopic (exact) mass is 1520 g/mol. The summed E-state index contributed by atoms with van der Waals surface area (Å²) >= 11 is 6.11. The first-order chi connectivity index (χ1) is 55.8. The first-order valence-electron chi connectivity index (χ1n) is 35.7. The van der Waals surface area contributed by atoms with Crippen molar-refractivity contribution in [1.82, 2.24) is 58.1 Å². The average molecular weight is 1520 g/mol. The van der Waals surface area contributed by atoms with Gasteiger partial charge in [-0.15, -0.1) is 25.7 Å². The molecule has 0 spiro atoms. The number of hydrogen-bond acceptors (Lipinski definition) is 12. The predicted molar refractivity (Wildman–Crippen MR) is 458 cm³/mol. The van der Waals surface area contributed by atoms with Gasteiger partial charge in [0.05, 0.1) is 44.3 Å². The summed E-state index contributed by atoms with van der Waals surface area (Å²) in [7, 11) is 0. The lowest BCUT2D eigenvalue weighted by Gasteiger charge is -2.11. The number of hydrogen-bond donors (Lipinski definition) is 0. The van der Waals surface area contributed by atoms with E-state index in [4.69, 9.17) is 37.3 Å². The molecule has 115 heavy (non-hydrogen) atoms. The van der Waals surface area contributed by atoms with E-state index in [2.05, 4.69) is 63.6 Å². The van der Waals surface area contributed by atoms with Crippen molar-refractivity contribution >= 4 is 104 Å². The molecular weight excluding hydrogens is 1460 g/mol. The van der Waals surface area contributed by atoms with E-state index in [1.807, 2.05) is 111 Å². The molecule has 0 saturated heterocycles. The molecule has 0 bridgehead atoms. The summed E-state index contributed by atoms with van der Waals surface area (Å²) in [6, 6.07) is 66.0. The molecule has 0 fully saturated rings. The van der Waals surface area contributed by atoms with Gasteiger partial charge in [-0.25, -0.2) is 48.7 Å². The number of aromatic nitrogens is 12. The third kappa shape index (κ3) is 17.9. The van der Waals surface area contributed by atoms with Crippen LogP contribution in [0.2, 0.25) is 5.02 Å². The molecule has 0 atom stereocenters. The number of aryl methyl sites for hydroxylation is 4. The first-order valence-corrected chi connectivity index (χ1v) is 36.1. The molecule has 0 N–H and O–H groups in total. The smallest absolute Gasteiger partial charge is 0.267 e. The maximum atomic E-state index is 13.9. The third-order valence-corrected chi connectivity index (χ3v) is 18.6. The second-order valence-electron chi connectivity index (χ2n) is 26.0. The van der Waals surface area contributed by atoms with Gasteiger partial charge in [-0.05, 0) is 261 Å². The molecule has 0 saturated carbocycles. The van der Waals surface area contributed by atoms with Crippen molar-refractivity contribution in [3.05, 3.63) is 397 Å². The third-order valence-electron chi connectivity index (χ3n) is 18.2. The van der Waals surface area contributed by atoms with Crippen molar-refractivity contribution in [2.45, 2.75) is 27.7 Å². The second kappa shape index (κ2) is 35.3. The molecule has 0 aliphatic rings. The highest BCUT2D eigenvalue weighted by atomic mass is 35.5.